The molecule has 0 aromatic carbocycles. The van der Waals surface area contributed by atoms with Crippen molar-refractivity contribution in [2.75, 3.05) is 0 Å². The number of hydrogen-bond donors (Lipinski definition) is 0. The summed E-state index contributed by atoms with van der Waals surface area (Å²) in [6.07, 6.45) is 0. The fourth-order valence-corrected chi connectivity index (χ4v) is 0. The molecule has 0 aliphatic rings. The molecule has 0 fully saturated rings. The van der Waals surface area contributed by atoms with E-state index in [1.54, 1.807) is 0 Å². The molecular weight excluding hydrogens is 132 g/mol. The zero-order chi connectivity index (χ0) is 0. The smallest absolute Gasteiger partial charge is 0 e. The Morgan fingerprint density at radius 1 is 0.500 bits per heavy atom. The molecule has 0 saturated carbocycles. The summed E-state index contributed by atoms with van der Waals surface area (Å²) < 4.78 is 0. The van der Waals surface area contributed by atoms with E-state index in [0.29, 0.717) is 0 Å². The third kappa shape index (κ3) is 35.2. The SMILES string of the molecule is F.F.F.[As]. The molecule has 0 aliphatic heterocycles. The molecule has 3 radical (unpaired) electrons. The van der Waals surface area contributed by atoms with E-state index in [4.69, 9.17) is 0 Å². The first-order valence-electron chi connectivity index (χ1n) is 0. The molecule has 0 N–H and O–H groups in total. The summed E-state index contributed by atoms with van der Waals surface area (Å²) in [6, 6.07) is 0. The van der Waals surface area contributed by atoms with Gasteiger partial charge in [0.05, 0.1) is 0 Å². The van der Waals surface area contributed by atoms with Gasteiger partial charge in [-0.25, -0.2) is 0 Å². The van der Waals surface area contributed by atoms with Crippen molar-refractivity contribution in [1.29, 1.82) is 0 Å². The summed E-state index contributed by atoms with van der Waals surface area (Å²) in [5, 5.41) is 0. The molecule has 0 aliphatic carbocycles. The maximum absolute atomic E-state index is 0. The van der Waals surface area contributed by atoms with E-state index in [2.05, 4.69) is 0 Å². The molecule has 0 amide bonds. The standard InChI is InChI=1S/As.3FH/h;3*1H. The maximum atomic E-state index is 0. The van der Waals surface area contributed by atoms with E-state index in [1.165, 1.54) is 0 Å². The van der Waals surface area contributed by atoms with Crippen LogP contribution in [-0.2, 0) is 0 Å². The predicted octanol–water partition coefficient (Wildman–Crippen LogP) is 0.0767. The van der Waals surface area contributed by atoms with E-state index in [1.807, 2.05) is 0 Å². The third-order valence-electron chi connectivity index (χ3n) is 0. The van der Waals surface area contributed by atoms with E-state index in [9.17, 15) is 0 Å². The minimum Gasteiger partial charge on any atom is -0.269 e. The fourth-order valence-electron chi connectivity index (χ4n) is 0. The summed E-state index contributed by atoms with van der Waals surface area (Å²) in [4.78, 5) is 0. The van der Waals surface area contributed by atoms with Gasteiger partial charge in [0, 0.05) is 18.0 Å². The molecule has 0 nitrogen and oxygen atoms in total. The van der Waals surface area contributed by atoms with Crippen molar-refractivity contribution in [2.24, 2.45) is 0 Å². The van der Waals surface area contributed by atoms with Crippen molar-refractivity contribution >= 4 is 18.0 Å². The Labute approximate surface area is 33.0 Å². The molecule has 0 saturated heterocycles. The molecule has 0 atom stereocenters. The van der Waals surface area contributed by atoms with E-state index >= 15 is 0 Å². The normalized spacial score (nSPS) is 0. The Morgan fingerprint density at radius 3 is 0.500 bits per heavy atom. The first-order chi connectivity index (χ1) is 0. The van der Waals surface area contributed by atoms with Crippen molar-refractivity contribution in [3.63, 3.8) is 0 Å². The van der Waals surface area contributed by atoms with Crippen LogP contribution in [0.5, 0.6) is 0 Å². The van der Waals surface area contributed by atoms with Crippen LogP contribution in [0.3, 0.4) is 0 Å². The zero-order valence-electron chi connectivity index (χ0n) is 1.67. The van der Waals surface area contributed by atoms with Crippen LogP contribution in [0.2, 0.25) is 0 Å². The minimum atomic E-state index is 0. The Kier molecular flexibility index (Phi) is 15300. The van der Waals surface area contributed by atoms with E-state index in [-0.39, 0.29) is 32.1 Å². The largest absolute Gasteiger partial charge is 0.269 e. The first-order valence-corrected chi connectivity index (χ1v) is 0. The van der Waals surface area contributed by atoms with Crippen molar-refractivity contribution in [1.82, 2.24) is 0 Å². The molecule has 0 aromatic heterocycles. The molecule has 4 heteroatoms. The van der Waals surface area contributed by atoms with Crippen LogP contribution in [0.15, 0.2) is 0 Å². The summed E-state index contributed by atoms with van der Waals surface area (Å²) in [7, 11) is 0. The van der Waals surface area contributed by atoms with Gasteiger partial charge in [-0.2, -0.15) is 0 Å². The van der Waals surface area contributed by atoms with Gasteiger partial charge < -0.3 is 0 Å². The Hall–Kier alpha value is 0.348. The van der Waals surface area contributed by atoms with Crippen molar-refractivity contribution in [3.05, 3.63) is 0 Å². The van der Waals surface area contributed by atoms with E-state index in [0.717, 1.165) is 0 Å². The molecule has 0 aromatic rings. The van der Waals surface area contributed by atoms with Crippen LogP contribution in [-0.4, -0.2) is 18.0 Å². The van der Waals surface area contributed by atoms with Crippen LogP contribution in [0.1, 0.15) is 0 Å². The molecule has 0 spiro atoms. The molecule has 0 rings (SSSR count). The van der Waals surface area contributed by atoms with Crippen LogP contribution >= 0.6 is 0 Å². The molecule has 4 heavy (non-hydrogen) atoms. The first kappa shape index (κ1) is 402. The monoisotopic (exact) mass is 135 g/mol. The average molecular weight is 135 g/mol. The number of rotatable bonds is 0. The van der Waals surface area contributed by atoms with Crippen molar-refractivity contribution in [2.45, 2.75) is 0 Å². The van der Waals surface area contributed by atoms with Crippen LogP contribution in [0.4, 0.5) is 14.1 Å². The predicted molar refractivity (Wildman–Crippen MR) is 13.3 cm³/mol. The number of hydrogen-bond acceptors (Lipinski definition) is 0. The second-order valence-electron chi connectivity index (χ2n) is 0. The van der Waals surface area contributed by atoms with Gasteiger partial charge >= 0.3 is 0 Å². The summed E-state index contributed by atoms with van der Waals surface area (Å²) >= 11 is 0. The van der Waals surface area contributed by atoms with Gasteiger partial charge in [0.1, 0.15) is 0 Å². The summed E-state index contributed by atoms with van der Waals surface area (Å²) in [5.41, 5.74) is 0. The number of halogens is 3. The Bertz CT molecular complexity index is 3.25. The fraction of sp³-hybridized carbons (Fsp3) is 0. The van der Waals surface area contributed by atoms with Gasteiger partial charge in [0.2, 0.25) is 0 Å². The summed E-state index contributed by atoms with van der Waals surface area (Å²) in [5.74, 6) is 0. The Balaban J connectivity index is 0. The molecule has 0 unspecified atom stereocenters. The topological polar surface area (TPSA) is 0 Å². The van der Waals surface area contributed by atoms with Gasteiger partial charge in [0.25, 0.3) is 0 Å². The third-order valence-corrected chi connectivity index (χ3v) is 0. The van der Waals surface area contributed by atoms with Gasteiger partial charge in [0.15, 0.2) is 0 Å². The van der Waals surface area contributed by atoms with Crippen LogP contribution in [0, 0.1) is 0 Å². The van der Waals surface area contributed by atoms with Crippen LogP contribution in [0.25, 0.3) is 0 Å². The molecule has 0 bridgehead atoms. The second kappa shape index (κ2) is 152. The maximum Gasteiger partial charge on any atom is 0 e. The zero-order valence-corrected chi connectivity index (χ0v) is 3.55. The average Bonchev–Trinajstić information content (AvgIpc) is 0. The van der Waals surface area contributed by atoms with Gasteiger partial charge in [-0.05, 0) is 0 Å². The van der Waals surface area contributed by atoms with Crippen molar-refractivity contribution in [3.8, 4) is 0 Å². The van der Waals surface area contributed by atoms with Crippen molar-refractivity contribution < 1.29 is 14.1 Å². The van der Waals surface area contributed by atoms with Gasteiger partial charge in [-0.3, -0.25) is 14.1 Å². The quantitative estimate of drug-likeness (QED) is 0.412. The Morgan fingerprint density at radius 2 is 0.500 bits per heavy atom. The molecular formula is H3AsF3. The van der Waals surface area contributed by atoms with E-state index < -0.39 is 0 Å². The van der Waals surface area contributed by atoms with Crippen LogP contribution < -0.4 is 0 Å². The molecule has 29 valence electrons. The minimum absolute atomic E-state index is 0. The van der Waals surface area contributed by atoms with Gasteiger partial charge in [-0.15, -0.1) is 0 Å². The van der Waals surface area contributed by atoms with Gasteiger partial charge in [-0.1, -0.05) is 0 Å². The second-order valence-corrected chi connectivity index (χ2v) is 0. The summed E-state index contributed by atoms with van der Waals surface area (Å²) in [6.45, 7) is 0. The molecule has 0 heterocycles.